The Morgan fingerprint density at radius 1 is 0.667 bits per heavy atom. The molecule has 3 N–H and O–H groups in total. The third-order valence-corrected chi connectivity index (χ3v) is 4.10. The van der Waals surface area contributed by atoms with Gasteiger partial charge in [-0.1, -0.05) is 54.1 Å². The topological polar surface area (TPSA) is 36.1 Å². The van der Waals surface area contributed by atoms with Crippen molar-refractivity contribution in [1.82, 2.24) is 5.32 Å². The maximum Gasteiger partial charge on any atom is 0.0426 e. The molecule has 0 atom stereocenters. The summed E-state index contributed by atoms with van der Waals surface area (Å²) in [5.74, 6) is 0. The third-order valence-electron chi connectivity index (χ3n) is 3.86. The summed E-state index contributed by atoms with van der Waals surface area (Å²) in [6.07, 6.45) is 0. The van der Waals surface area contributed by atoms with Gasteiger partial charge in [0.25, 0.3) is 0 Å². The summed E-state index contributed by atoms with van der Waals surface area (Å²) < 4.78 is 0. The molecule has 0 heterocycles. The third kappa shape index (κ3) is 8.04. The van der Waals surface area contributed by atoms with Gasteiger partial charge in [-0.05, 0) is 29.7 Å². The van der Waals surface area contributed by atoms with Crippen molar-refractivity contribution < 1.29 is 0 Å². The number of hydrogen-bond donors (Lipinski definition) is 3. The van der Waals surface area contributed by atoms with E-state index in [9.17, 15) is 0 Å². The monoisotopic (exact) mass is 447 g/mol. The lowest BCUT2D eigenvalue weighted by atomic mass is 10.1. The van der Waals surface area contributed by atoms with Gasteiger partial charge < -0.3 is 16.0 Å². The van der Waals surface area contributed by atoms with Gasteiger partial charge in [0.2, 0.25) is 0 Å². The highest BCUT2D eigenvalue weighted by molar-refractivity contribution is 6.30. The Hall–Kier alpha value is -1.36. The van der Waals surface area contributed by atoms with E-state index in [1.54, 1.807) is 0 Å². The first-order valence-corrected chi connectivity index (χ1v) is 8.62. The van der Waals surface area contributed by atoms with E-state index in [4.69, 9.17) is 11.6 Å². The van der Waals surface area contributed by atoms with Crippen molar-refractivity contribution in [3.8, 4) is 0 Å². The van der Waals surface area contributed by atoms with Crippen LogP contribution in [0.25, 0.3) is 10.8 Å². The maximum absolute atomic E-state index is 5.96. The SMILES string of the molecule is Cl.Cl.Cl.Clc1cccc(NCCNCCNc2cccc3ccccc23)c1. The van der Waals surface area contributed by atoms with Gasteiger partial charge in [-0.3, -0.25) is 0 Å². The summed E-state index contributed by atoms with van der Waals surface area (Å²) in [5.41, 5.74) is 2.24. The molecule has 0 fully saturated rings. The van der Waals surface area contributed by atoms with Crippen molar-refractivity contribution in [2.45, 2.75) is 0 Å². The van der Waals surface area contributed by atoms with Gasteiger partial charge in [-0.25, -0.2) is 0 Å². The minimum Gasteiger partial charge on any atom is -0.384 e. The molecule has 0 aliphatic carbocycles. The summed E-state index contributed by atoms with van der Waals surface area (Å²) in [4.78, 5) is 0. The predicted molar refractivity (Wildman–Crippen MR) is 127 cm³/mol. The number of halogens is 4. The van der Waals surface area contributed by atoms with Crippen molar-refractivity contribution in [3.05, 3.63) is 71.8 Å². The van der Waals surface area contributed by atoms with Crippen LogP contribution in [0.4, 0.5) is 11.4 Å². The van der Waals surface area contributed by atoms with Gasteiger partial charge in [-0.15, -0.1) is 37.2 Å². The average Bonchev–Trinajstić information content (AvgIpc) is 2.61. The molecule has 0 bridgehead atoms. The average molecular weight is 449 g/mol. The van der Waals surface area contributed by atoms with Gasteiger partial charge >= 0.3 is 0 Å². The molecule has 0 unspecified atom stereocenters. The predicted octanol–water partition coefficient (Wildman–Crippen LogP) is 5.87. The largest absolute Gasteiger partial charge is 0.384 e. The molecular formula is C20H25Cl4N3. The molecule has 7 heteroatoms. The van der Waals surface area contributed by atoms with Crippen LogP contribution in [0.3, 0.4) is 0 Å². The lowest BCUT2D eigenvalue weighted by Gasteiger charge is -2.11. The molecule has 0 saturated heterocycles. The second kappa shape index (κ2) is 13.8. The van der Waals surface area contributed by atoms with E-state index >= 15 is 0 Å². The lowest BCUT2D eigenvalue weighted by Crippen LogP contribution is -2.27. The number of benzene rings is 3. The van der Waals surface area contributed by atoms with Crippen LogP contribution in [0.15, 0.2) is 66.7 Å². The van der Waals surface area contributed by atoms with E-state index < -0.39 is 0 Å². The molecule has 0 saturated carbocycles. The van der Waals surface area contributed by atoms with Gasteiger partial charge in [-0.2, -0.15) is 0 Å². The maximum atomic E-state index is 5.96. The first kappa shape index (κ1) is 25.6. The highest BCUT2D eigenvalue weighted by Crippen LogP contribution is 2.22. The quantitative estimate of drug-likeness (QED) is 0.377. The van der Waals surface area contributed by atoms with Crippen molar-refractivity contribution in [2.24, 2.45) is 0 Å². The zero-order valence-electron chi connectivity index (χ0n) is 14.8. The zero-order valence-corrected chi connectivity index (χ0v) is 18.0. The van der Waals surface area contributed by atoms with Gasteiger partial charge in [0.05, 0.1) is 0 Å². The Bertz CT molecular complexity index is 794. The first-order chi connectivity index (χ1) is 11.8. The summed E-state index contributed by atoms with van der Waals surface area (Å²) >= 11 is 5.96. The minimum atomic E-state index is 0. The number of anilines is 2. The molecule has 148 valence electrons. The van der Waals surface area contributed by atoms with Crippen molar-refractivity contribution >= 4 is 71.0 Å². The van der Waals surface area contributed by atoms with Crippen molar-refractivity contribution in [2.75, 3.05) is 36.8 Å². The van der Waals surface area contributed by atoms with E-state index in [0.717, 1.165) is 36.9 Å². The van der Waals surface area contributed by atoms with Crippen molar-refractivity contribution in [3.63, 3.8) is 0 Å². The number of rotatable bonds is 8. The van der Waals surface area contributed by atoms with Crippen LogP contribution in [0, 0.1) is 0 Å². The Morgan fingerprint density at radius 3 is 2.11 bits per heavy atom. The second-order valence-electron chi connectivity index (χ2n) is 5.64. The molecule has 0 aliphatic rings. The molecular weight excluding hydrogens is 424 g/mol. The number of hydrogen-bond acceptors (Lipinski definition) is 3. The fraction of sp³-hybridized carbons (Fsp3) is 0.200. The summed E-state index contributed by atoms with van der Waals surface area (Å²) in [5, 5.41) is 13.6. The number of nitrogens with one attached hydrogen (secondary N) is 3. The zero-order chi connectivity index (χ0) is 16.6. The molecule has 0 radical (unpaired) electrons. The van der Waals surface area contributed by atoms with Crippen LogP contribution in [0.1, 0.15) is 0 Å². The molecule has 0 spiro atoms. The van der Waals surface area contributed by atoms with Crippen LogP contribution in [-0.4, -0.2) is 26.2 Å². The minimum absolute atomic E-state index is 0. The Kier molecular flexibility index (Phi) is 13.1. The van der Waals surface area contributed by atoms with Gasteiger partial charge in [0.1, 0.15) is 0 Å². The smallest absolute Gasteiger partial charge is 0.0426 e. The van der Waals surface area contributed by atoms with Gasteiger partial charge in [0.15, 0.2) is 0 Å². The molecule has 27 heavy (non-hydrogen) atoms. The Morgan fingerprint density at radius 2 is 1.33 bits per heavy atom. The van der Waals surface area contributed by atoms with E-state index in [0.29, 0.717) is 0 Å². The van der Waals surface area contributed by atoms with Crippen LogP contribution in [-0.2, 0) is 0 Å². The standard InChI is InChI=1S/C20H22ClN3.3ClH/c21-17-7-4-8-18(15-17)23-13-11-22-12-14-24-20-10-3-6-16-5-1-2-9-19(16)20;;;/h1-10,15,22-24H,11-14H2;3*1H. The highest BCUT2D eigenvalue weighted by Gasteiger charge is 1.98. The Balaban J connectivity index is 0.00000225. The van der Waals surface area contributed by atoms with Crippen LogP contribution < -0.4 is 16.0 Å². The van der Waals surface area contributed by atoms with E-state index in [-0.39, 0.29) is 37.2 Å². The molecule has 3 aromatic rings. The van der Waals surface area contributed by atoms with E-state index in [1.165, 1.54) is 16.5 Å². The second-order valence-corrected chi connectivity index (χ2v) is 6.08. The summed E-state index contributed by atoms with van der Waals surface area (Å²) in [6, 6.07) is 22.6. The summed E-state index contributed by atoms with van der Waals surface area (Å²) in [6.45, 7) is 3.59. The Labute approximate surface area is 184 Å². The molecule has 3 rings (SSSR count). The van der Waals surface area contributed by atoms with Crippen LogP contribution in [0.5, 0.6) is 0 Å². The molecule has 3 nitrogen and oxygen atoms in total. The highest BCUT2D eigenvalue weighted by atomic mass is 35.5. The fourth-order valence-corrected chi connectivity index (χ4v) is 2.87. The fourth-order valence-electron chi connectivity index (χ4n) is 2.68. The molecule has 0 aliphatic heterocycles. The molecule has 0 aromatic heterocycles. The molecule has 0 amide bonds. The normalized spacial score (nSPS) is 9.52. The lowest BCUT2D eigenvalue weighted by molar-refractivity contribution is 0.719. The number of fused-ring (bicyclic) bond motifs is 1. The van der Waals surface area contributed by atoms with E-state index in [1.807, 2.05) is 24.3 Å². The van der Waals surface area contributed by atoms with Crippen molar-refractivity contribution in [1.29, 1.82) is 0 Å². The first-order valence-electron chi connectivity index (χ1n) is 8.25. The van der Waals surface area contributed by atoms with Crippen LogP contribution >= 0.6 is 48.8 Å². The van der Waals surface area contributed by atoms with Gasteiger partial charge in [0, 0.05) is 48.0 Å². The summed E-state index contributed by atoms with van der Waals surface area (Å²) in [7, 11) is 0. The molecule has 3 aromatic carbocycles. The van der Waals surface area contributed by atoms with E-state index in [2.05, 4.69) is 58.4 Å². The van der Waals surface area contributed by atoms with Crippen LogP contribution in [0.2, 0.25) is 5.02 Å².